The van der Waals surface area contributed by atoms with E-state index in [4.69, 9.17) is 0 Å². The highest BCUT2D eigenvalue weighted by Crippen LogP contribution is 2.74. The third-order valence-electron chi connectivity index (χ3n) is 12.1. The molecule has 0 amide bonds. The zero-order chi connectivity index (χ0) is 25.1. The minimum atomic E-state index is -0.745. The van der Waals surface area contributed by atoms with Crippen LogP contribution in [0, 0.1) is 50.2 Å². The topological polar surface area (TPSA) is 71.4 Å². The number of hydrogen-bond acceptors (Lipinski definition) is 3. The maximum absolute atomic E-state index is 14.2. The fourth-order valence-electron chi connectivity index (χ4n) is 9.76. The zero-order valence-corrected chi connectivity index (χ0v) is 22.1. The molecule has 0 aromatic carbocycles. The van der Waals surface area contributed by atoms with Gasteiger partial charge < -0.3 is 5.11 Å². The van der Waals surface area contributed by atoms with Crippen molar-refractivity contribution >= 4 is 17.5 Å². The van der Waals surface area contributed by atoms with Crippen LogP contribution in [-0.4, -0.2) is 22.6 Å². The Morgan fingerprint density at radius 1 is 0.941 bits per heavy atom. The van der Waals surface area contributed by atoms with Gasteiger partial charge in [0.1, 0.15) is 0 Å². The third kappa shape index (κ3) is 2.69. The van der Waals surface area contributed by atoms with Crippen LogP contribution < -0.4 is 0 Å². The fourth-order valence-corrected chi connectivity index (χ4v) is 9.76. The smallest absolute Gasteiger partial charge is 0.310 e. The highest BCUT2D eigenvalue weighted by molar-refractivity contribution is 5.99. The molecule has 3 fully saturated rings. The van der Waals surface area contributed by atoms with Crippen molar-refractivity contribution in [3.63, 3.8) is 0 Å². The first-order valence-electron chi connectivity index (χ1n) is 13.3. The number of ketones is 2. The monoisotopic (exact) mass is 466 g/mol. The van der Waals surface area contributed by atoms with Gasteiger partial charge in [0, 0.05) is 16.7 Å². The second-order valence-electron chi connectivity index (χ2n) is 14.4. The van der Waals surface area contributed by atoms with E-state index in [1.807, 2.05) is 19.9 Å². The number of carboxylic acids is 1. The van der Waals surface area contributed by atoms with E-state index in [2.05, 4.69) is 40.7 Å². The maximum atomic E-state index is 14.2. The normalized spacial score (nSPS) is 48.7. The van der Waals surface area contributed by atoms with Gasteiger partial charge in [-0.05, 0) is 85.2 Å². The molecule has 0 aromatic rings. The van der Waals surface area contributed by atoms with Gasteiger partial charge in [0.05, 0.1) is 5.41 Å². The molecular weight excluding hydrogens is 424 g/mol. The average molecular weight is 467 g/mol. The Hall–Kier alpha value is -1.71. The molecule has 0 unspecified atom stereocenters. The van der Waals surface area contributed by atoms with Crippen molar-refractivity contribution in [3.05, 3.63) is 23.8 Å². The molecule has 34 heavy (non-hydrogen) atoms. The SMILES string of the molecule is CC1(C)CC[C@]2(C(=O)O)CC[C@]3(C)C(=CC(=O)[C@@H]4[C@@]5(C)C=CC(=O)C(C)(C)[C@@H]5CC[C@]43C)[C@@H]2C1. The standard InChI is InChI=1S/C30H42O4/c1-25(2)12-14-30(24(33)34)15-13-28(6)18(19(30)17-25)16-20(31)23-27(5)10-9-22(32)26(3,4)21(27)8-11-29(23,28)7/h9-10,16,19,21,23H,8,11-15,17H2,1-7H3,(H,33,34)/t19-,21-,23+,27-,28+,29+,30-/m0/s1. The summed E-state index contributed by atoms with van der Waals surface area (Å²) in [4.78, 5) is 39.7. The minimum absolute atomic E-state index is 0.0731. The molecule has 186 valence electrons. The summed E-state index contributed by atoms with van der Waals surface area (Å²) in [5.74, 6) is -0.501. The van der Waals surface area contributed by atoms with Crippen molar-refractivity contribution in [2.75, 3.05) is 0 Å². The first kappa shape index (κ1) is 24.0. The van der Waals surface area contributed by atoms with E-state index in [1.54, 1.807) is 6.08 Å². The van der Waals surface area contributed by atoms with Crippen LogP contribution in [0.3, 0.4) is 0 Å². The van der Waals surface area contributed by atoms with Gasteiger partial charge in [-0.15, -0.1) is 0 Å². The number of hydrogen-bond donors (Lipinski definition) is 1. The molecule has 0 saturated heterocycles. The van der Waals surface area contributed by atoms with Crippen LogP contribution in [0.5, 0.6) is 0 Å². The number of carbonyl (C=O) groups is 3. The molecule has 0 heterocycles. The van der Waals surface area contributed by atoms with Crippen molar-refractivity contribution in [3.8, 4) is 0 Å². The summed E-state index contributed by atoms with van der Waals surface area (Å²) in [6, 6.07) is 0. The number of allylic oxidation sites excluding steroid dienone is 4. The van der Waals surface area contributed by atoms with E-state index in [9.17, 15) is 19.5 Å². The van der Waals surface area contributed by atoms with Crippen LogP contribution in [0.2, 0.25) is 0 Å². The van der Waals surface area contributed by atoms with Crippen molar-refractivity contribution in [1.29, 1.82) is 0 Å². The third-order valence-corrected chi connectivity index (χ3v) is 12.1. The molecule has 0 radical (unpaired) electrons. The number of carbonyl (C=O) groups excluding carboxylic acids is 2. The Morgan fingerprint density at radius 3 is 2.24 bits per heavy atom. The number of fused-ring (bicyclic) bond motifs is 7. The minimum Gasteiger partial charge on any atom is -0.481 e. The molecule has 5 aliphatic rings. The average Bonchev–Trinajstić information content (AvgIpc) is 2.72. The highest BCUT2D eigenvalue weighted by atomic mass is 16.4. The lowest BCUT2D eigenvalue weighted by Crippen LogP contribution is -2.66. The van der Waals surface area contributed by atoms with Crippen molar-refractivity contribution < 1.29 is 19.5 Å². The van der Waals surface area contributed by atoms with Crippen LogP contribution >= 0.6 is 0 Å². The van der Waals surface area contributed by atoms with Crippen molar-refractivity contribution in [2.45, 2.75) is 93.4 Å². The van der Waals surface area contributed by atoms with Gasteiger partial charge in [-0.3, -0.25) is 14.4 Å². The van der Waals surface area contributed by atoms with Gasteiger partial charge in [-0.25, -0.2) is 0 Å². The summed E-state index contributed by atoms with van der Waals surface area (Å²) in [5.41, 5.74) is -0.875. The van der Waals surface area contributed by atoms with Gasteiger partial charge in [0.15, 0.2) is 11.6 Å². The Morgan fingerprint density at radius 2 is 1.59 bits per heavy atom. The molecule has 4 heteroatoms. The number of carboxylic acid groups (broad SMARTS) is 1. The second-order valence-corrected chi connectivity index (χ2v) is 14.4. The lowest BCUT2D eigenvalue weighted by Gasteiger charge is -2.68. The summed E-state index contributed by atoms with van der Waals surface area (Å²) >= 11 is 0. The van der Waals surface area contributed by atoms with Crippen LogP contribution in [-0.2, 0) is 14.4 Å². The molecule has 0 bridgehead atoms. The van der Waals surface area contributed by atoms with Crippen LogP contribution in [0.1, 0.15) is 93.4 Å². The summed E-state index contributed by atoms with van der Waals surface area (Å²) < 4.78 is 0. The summed E-state index contributed by atoms with van der Waals surface area (Å²) in [6.45, 7) is 15.4. The molecule has 0 aliphatic heterocycles. The number of rotatable bonds is 1. The Kier molecular flexibility index (Phi) is 4.75. The molecule has 3 saturated carbocycles. The highest BCUT2D eigenvalue weighted by Gasteiger charge is 2.70. The van der Waals surface area contributed by atoms with E-state index in [0.29, 0.717) is 12.8 Å². The van der Waals surface area contributed by atoms with Crippen LogP contribution in [0.25, 0.3) is 0 Å². The van der Waals surface area contributed by atoms with Crippen LogP contribution in [0.4, 0.5) is 0 Å². The molecule has 5 aliphatic carbocycles. The van der Waals surface area contributed by atoms with Crippen molar-refractivity contribution in [1.82, 2.24) is 0 Å². The van der Waals surface area contributed by atoms with Gasteiger partial charge in [0.25, 0.3) is 0 Å². The van der Waals surface area contributed by atoms with E-state index in [0.717, 1.165) is 37.7 Å². The second kappa shape index (κ2) is 6.73. The van der Waals surface area contributed by atoms with Crippen molar-refractivity contribution in [2.24, 2.45) is 50.2 Å². The van der Waals surface area contributed by atoms with E-state index >= 15 is 0 Å². The predicted octanol–water partition coefficient (Wildman–Crippen LogP) is 6.40. The fraction of sp³-hybridized carbons (Fsp3) is 0.767. The first-order valence-corrected chi connectivity index (χ1v) is 13.3. The molecule has 1 N–H and O–H groups in total. The molecule has 0 spiro atoms. The first-order chi connectivity index (χ1) is 15.6. The molecule has 5 rings (SSSR count). The number of aliphatic carboxylic acids is 1. The maximum Gasteiger partial charge on any atom is 0.310 e. The Balaban J connectivity index is 1.68. The quantitative estimate of drug-likeness (QED) is 0.485. The Labute approximate surface area is 204 Å². The summed E-state index contributed by atoms with van der Waals surface area (Å²) in [7, 11) is 0. The van der Waals surface area contributed by atoms with Gasteiger partial charge in [0.2, 0.25) is 0 Å². The van der Waals surface area contributed by atoms with E-state index in [1.165, 1.54) is 0 Å². The van der Waals surface area contributed by atoms with Crippen LogP contribution in [0.15, 0.2) is 23.8 Å². The van der Waals surface area contributed by atoms with Gasteiger partial charge in [-0.2, -0.15) is 0 Å². The molecule has 7 atom stereocenters. The van der Waals surface area contributed by atoms with Gasteiger partial charge in [-0.1, -0.05) is 60.1 Å². The largest absolute Gasteiger partial charge is 0.481 e. The van der Waals surface area contributed by atoms with Gasteiger partial charge >= 0.3 is 5.97 Å². The lowest BCUT2D eigenvalue weighted by molar-refractivity contribution is -0.178. The summed E-state index contributed by atoms with van der Waals surface area (Å²) in [5, 5.41) is 10.5. The molecular formula is C30H42O4. The lowest BCUT2D eigenvalue weighted by atomic mass is 9.34. The van der Waals surface area contributed by atoms with E-state index < -0.39 is 16.8 Å². The Bertz CT molecular complexity index is 1050. The predicted molar refractivity (Wildman–Crippen MR) is 132 cm³/mol. The zero-order valence-electron chi connectivity index (χ0n) is 22.1. The molecule has 0 aromatic heterocycles. The van der Waals surface area contributed by atoms with E-state index in [-0.39, 0.29) is 51.0 Å². The summed E-state index contributed by atoms with van der Waals surface area (Å²) in [6.07, 6.45) is 11.5. The molecule has 4 nitrogen and oxygen atoms in total.